The van der Waals surface area contributed by atoms with Crippen LogP contribution < -0.4 is 5.32 Å². The molecule has 0 aromatic carbocycles. The Labute approximate surface area is 170 Å². The summed E-state index contributed by atoms with van der Waals surface area (Å²) in [5, 5.41) is 12.7. The molecular weight excluding hydrogens is 398 g/mol. The molecule has 1 aliphatic carbocycles. The van der Waals surface area contributed by atoms with Crippen LogP contribution in [-0.4, -0.2) is 73.0 Å². The summed E-state index contributed by atoms with van der Waals surface area (Å²) in [6.45, 7) is 2.35. The molecule has 0 atom stereocenters. The van der Waals surface area contributed by atoms with Crippen molar-refractivity contribution >= 4 is 27.7 Å². The Bertz CT molecular complexity index is 837. The number of pyridine rings is 1. The number of hydrogen-bond acceptors (Lipinski definition) is 7. The van der Waals surface area contributed by atoms with Gasteiger partial charge in [0.05, 0.1) is 16.8 Å². The van der Waals surface area contributed by atoms with Crippen LogP contribution in [0.25, 0.3) is 0 Å². The van der Waals surface area contributed by atoms with Gasteiger partial charge in [0.15, 0.2) is 0 Å². The van der Waals surface area contributed by atoms with Crippen LogP contribution in [0, 0.1) is 11.3 Å². The molecule has 28 heavy (non-hydrogen) atoms. The second-order valence-electron chi connectivity index (χ2n) is 7.28. The monoisotopic (exact) mass is 423 g/mol. The van der Waals surface area contributed by atoms with E-state index in [1.165, 1.54) is 28.3 Å². The topological polar surface area (TPSA) is 106 Å². The van der Waals surface area contributed by atoms with Gasteiger partial charge in [-0.25, -0.2) is 13.4 Å². The lowest BCUT2D eigenvalue weighted by Crippen LogP contribution is -2.47. The SMILES string of the molecule is CN1CCN(S(=O)(=O)c2ccc(SCC(=O)NC3(C#N)CCCC3)nc2)CC1. The number of carbonyl (C=O) groups excluding carboxylic acids is 1. The Morgan fingerprint density at radius 3 is 2.54 bits per heavy atom. The van der Waals surface area contributed by atoms with Gasteiger partial charge in [0, 0.05) is 32.4 Å². The van der Waals surface area contributed by atoms with Crippen molar-refractivity contribution in [3.63, 3.8) is 0 Å². The van der Waals surface area contributed by atoms with Crippen LogP contribution in [0.15, 0.2) is 28.3 Å². The van der Waals surface area contributed by atoms with Crippen molar-refractivity contribution in [3.8, 4) is 6.07 Å². The summed E-state index contributed by atoms with van der Waals surface area (Å²) in [6.07, 6.45) is 4.63. The lowest BCUT2D eigenvalue weighted by atomic mass is 10.0. The fourth-order valence-corrected chi connectivity index (χ4v) is 5.48. The maximum absolute atomic E-state index is 12.7. The number of thioether (sulfide) groups is 1. The summed E-state index contributed by atoms with van der Waals surface area (Å²) in [4.78, 5) is 18.6. The zero-order chi connectivity index (χ0) is 20.2. The highest BCUT2D eigenvalue weighted by molar-refractivity contribution is 7.99. The molecule has 0 bridgehead atoms. The third kappa shape index (κ3) is 4.84. The summed E-state index contributed by atoms with van der Waals surface area (Å²) in [5.74, 6) is -0.0644. The van der Waals surface area contributed by atoms with E-state index in [0.29, 0.717) is 44.0 Å². The Morgan fingerprint density at radius 1 is 1.29 bits per heavy atom. The lowest BCUT2D eigenvalue weighted by molar-refractivity contribution is -0.119. The van der Waals surface area contributed by atoms with Gasteiger partial charge >= 0.3 is 0 Å². The molecule has 1 amide bonds. The van der Waals surface area contributed by atoms with E-state index < -0.39 is 15.6 Å². The van der Waals surface area contributed by atoms with Crippen molar-refractivity contribution in [3.05, 3.63) is 18.3 Å². The predicted molar refractivity (Wildman–Crippen MR) is 106 cm³/mol. The second-order valence-corrected chi connectivity index (χ2v) is 10.2. The largest absolute Gasteiger partial charge is 0.337 e. The van der Waals surface area contributed by atoms with E-state index in [0.717, 1.165) is 12.8 Å². The average Bonchev–Trinajstić information content (AvgIpc) is 3.16. The molecule has 2 fully saturated rings. The van der Waals surface area contributed by atoms with Crippen LogP contribution in [0.5, 0.6) is 0 Å². The van der Waals surface area contributed by atoms with Crippen LogP contribution in [0.1, 0.15) is 25.7 Å². The Kier molecular flexibility index (Phi) is 6.60. The molecule has 2 aliphatic rings. The summed E-state index contributed by atoms with van der Waals surface area (Å²) >= 11 is 1.23. The minimum Gasteiger partial charge on any atom is -0.337 e. The van der Waals surface area contributed by atoms with Crippen molar-refractivity contribution in [2.45, 2.75) is 41.1 Å². The quantitative estimate of drug-likeness (QED) is 0.682. The molecule has 0 spiro atoms. The molecule has 1 saturated carbocycles. The molecule has 0 unspecified atom stereocenters. The highest BCUT2D eigenvalue weighted by Crippen LogP contribution is 2.29. The maximum Gasteiger partial charge on any atom is 0.244 e. The fraction of sp³-hybridized carbons (Fsp3) is 0.611. The summed E-state index contributed by atoms with van der Waals surface area (Å²) < 4.78 is 26.9. The first-order valence-electron chi connectivity index (χ1n) is 9.34. The number of nitrogens with one attached hydrogen (secondary N) is 1. The smallest absolute Gasteiger partial charge is 0.244 e. The first-order valence-corrected chi connectivity index (χ1v) is 11.8. The molecule has 8 nitrogen and oxygen atoms in total. The minimum absolute atomic E-state index is 0.140. The predicted octanol–water partition coefficient (Wildman–Crippen LogP) is 1.06. The summed E-state index contributed by atoms with van der Waals surface area (Å²) in [6, 6.07) is 5.39. The van der Waals surface area contributed by atoms with E-state index in [-0.39, 0.29) is 16.6 Å². The first-order chi connectivity index (χ1) is 13.3. The normalized spacial score (nSPS) is 20.6. The Morgan fingerprint density at radius 2 is 1.96 bits per heavy atom. The van der Waals surface area contributed by atoms with E-state index in [2.05, 4.69) is 21.3 Å². The van der Waals surface area contributed by atoms with E-state index >= 15 is 0 Å². The van der Waals surface area contributed by atoms with Crippen LogP contribution in [0.4, 0.5) is 0 Å². The molecule has 1 aliphatic heterocycles. The third-order valence-corrected chi connectivity index (χ3v) is 8.04. The molecular formula is C18H25N5O3S2. The summed E-state index contributed by atoms with van der Waals surface area (Å²) in [7, 11) is -1.57. The molecule has 10 heteroatoms. The van der Waals surface area contributed by atoms with Gasteiger partial charge in [-0.2, -0.15) is 9.57 Å². The van der Waals surface area contributed by atoms with Gasteiger partial charge in [0.2, 0.25) is 15.9 Å². The van der Waals surface area contributed by atoms with Gasteiger partial charge in [-0.1, -0.05) is 11.8 Å². The number of aromatic nitrogens is 1. The number of nitriles is 1. The fourth-order valence-electron chi connectivity index (χ4n) is 3.47. The van der Waals surface area contributed by atoms with Gasteiger partial charge in [0.1, 0.15) is 10.4 Å². The second kappa shape index (κ2) is 8.78. The Balaban J connectivity index is 1.56. The molecule has 3 rings (SSSR count). The molecule has 1 aromatic heterocycles. The molecule has 1 aromatic rings. The number of rotatable bonds is 6. The van der Waals surface area contributed by atoms with Crippen LogP contribution in [0.2, 0.25) is 0 Å². The van der Waals surface area contributed by atoms with Crippen LogP contribution >= 0.6 is 11.8 Å². The van der Waals surface area contributed by atoms with Gasteiger partial charge < -0.3 is 10.2 Å². The molecule has 2 heterocycles. The Hall–Kier alpha value is -1.67. The van der Waals surface area contributed by atoms with Gasteiger partial charge in [0.25, 0.3) is 0 Å². The van der Waals surface area contributed by atoms with Gasteiger partial charge in [-0.15, -0.1) is 0 Å². The van der Waals surface area contributed by atoms with Gasteiger partial charge in [-0.3, -0.25) is 4.79 Å². The van der Waals surface area contributed by atoms with E-state index in [1.807, 2.05) is 7.05 Å². The number of nitrogens with zero attached hydrogens (tertiary/aromatic N) is 4. The third-order valence-electron chi connectivity index (χ3n) is 5.21. The number of hydrogen-bond donors (Lipinski definition) is 1. The summed E-state index contributed by atoms with van der Waals surface area (Å²) in [5.41, 5.74) is -0.731. The van der Waals surface area contributed by atoms with E-state index in [1.54, 1.807) is 6.07 Å². The van der Waals surface area contributed by atoms with Crippen molar-refractivity contribution in [1.29, 1.82) is 5.26 Å². The zero-order valence-electron chi connectivity index (χ0n) is 15.9. The standard InChI is InChI=1S/C18H25N5O3S2/c1-22-8-10-23(11-9-22)28(25,26)15-4-5-17(20-12-15)27-13-16(24)21-18(14-19)6-2-3-7-18/h4-5,12H,2-3,6-11,13H2,1H3,(H,21,24). The van der Waals surface area contributed by atoms with Crippen molar-refractivity contribution in [1.82, 2.24) is 19.5 Å². The zero-order valence-corrected chi connectivity index (χ0v) is 17.6. The minimum atomic E-state index is -3.54. The van der Waals surface area contributed by atoms with Crippen LogP contribution in [0.3, 0.4) is 0 Å². The molecule has 0 radical (unpaired) electrons. The van der Waals surface area contributed by atoms with Crippen LogP contribution in [-0.2, 0) is 14.8 Å². The molecule has 1 N–H and O–H groups in total. The number of sulfonamides is 1. The number of likely N-dealkylation sites (N-methyl/N-ethyl adjacent to an activating group) is 1. The maximum atomic E-state index is 12.7. The average molecular weight is 424 g/mol. The first kappa shape index (κ1) is 21.0. The molecule has 152 valence electrons. The number of piperazine rings is 1. The van der Waals surface area contributed by atoms with Crippen molar-refractivity contribution in [2.75, 3.05) is 39.0 Å². The van der Waals surface area contributed by atoms with Crippen molar-refractivity contribution < 1.29 is 13.2 Å². The van der Waals surface area contributed by atoms with Crippen molar-refractivity contribution in [2.24, 2.45) is 0 Å². The highest BCUT2D eigenvalue weighted by atomic mass is 32.2. The lowest BCUT2D eigenvalue weighted by Gasteiger charge is -2.31. The number of carbonyl (C=O) groups is 1. The molecule has 1 saturated heterocycles. The number of amides is 1. The van der Waals surface area contributed by atoms with Gasteiger partial charge in [-0.05, 0) is 44.9 Å². The highest BCUT2D eigenvalue weighted by Gasteiger charge is 2.35. The van der Waals surface area contributed by atoms with E-state index in [4.69, 9.17) is 0 Å². The van der Waals surface area contributed by atoms with E-state index in [9.17, 15) is 18.5 Å².